The molecule has 0 aliphatic carbocycles. The Morgan fingerprint density at radius 1 is 1.20 bits per heavy atom. The van der Waals surface area contributed by atoms with Crippen LogP contribution in [0.25, 0.3) is 10.9 Å². The summed E-state index contributed by atoms with van der Waals surface area (Å²) in [7, 11) is 2.02. The van der Waals surface area contributed by atoms with E-state index in [0.717, 1.165) is 55.9 Å². The van der Waals surface area contributed by atoms with Crippen LogP contribution in [0.5, 0.6) is 0 Å². The first-order chi connectivity index (χ1) is 12.2. The molecule has 0 atom stereocenters. The Morgan fingerprint density at radius 3 is 2.88 bits per heavy atom. The summed E-state index contributed by atoms with van der Waals surface area (Å²) in [5, 5.41) is 1.08. The van der Waals surface area contributed by atoms with Crippen LogP contribution in [0.4, 0.5) is 0 Å². The molecule has 6 heteroatoms. The summed E-state index contributed by atoms with van der Waals surface area (Å²) >= 11 is 0. The lowest BCUT2D eigenvalue weighted by molar-refractivity contribution is 0.0756. The maximum atomic E-state index is 12.9. The van der Waals surface area contributed by atoms with Gasteiger partial charge in [0.1, 0.15) is 11.5 Å². The number of nitrogens with one attached hydrogen (secondary N) is 1. The van der Waals surface area contributed by atoms with Gasteiger partial charge >= 0.3 is 0 Å². The first-order valence-electron chi connectivity index (χ1n) is 8.76. The van der Waals surface area contributed by atoms with Crippen molar-refractivity contribution >= 4 is 16.8 Å². The third-order valence-corrected chi connectivity index (χ3v) is 4.92. The lowest BCUT2D eigenvalue weighted by Crippen LogP contribution is -2.35. The van der Waals surface area contributed by atoms with E-state index >= 15 is 0 Å². The highest BCUT2D eigenvalue weighted by atomic mass is 16.2. The number of aromatic nitrogens is 3. The second-order valence-electron chi connectivity index (χ2n) is 6.65. The molecule has 3 heterocycles. The zero-order valence-corrected chi connectivity index (χ0v) is 14.5. The average Bonchev–Trinajstić information content (AvgIpc) is 3.15. The van der Waals surface area contributed by atoms with Gasteiger partial charge in [0, 0.05) is 56.5 Å². The van der Waals surface area contributed by atoms with Gasteiger partial charge in [-0.15, -0.1) is 0 Å². The standard InChI is InChI=1S/C19H23N5O/c1-22-10-7-20-18(22)14-23-8-4-9-24(12-11-23)19(25)17-13-15-5-2-3-6-16(15)21-17/h2-3,5-7,10,13,21H,4,8-9,11-12,14H2,1H3. The number of rotatable bonds is 3. The van der Waals surface area contributed by atoms with Gasteiger partial charge in [0.25, 0.3) is 5.91 Å². The third kappa shape index (κ3) is 3.30. The van der Waals surface area contributed by atoms with Crippen molar-refractivity contribution in [3.8, 4) is 0 Å². The molecular weight excluding hydrogens is 314 g/mol. The van der Waals surface area contributed by atoms with Crippen molar-refractivity contribution < 1.29 is 4.79 Å². The van der Waals surface area contributed by atoms with Crippen molar-refractivity contribution in [2.24, 2.45) is 7.05 Å². The van der Waals surface area contributed by atoms with Crippen LogP contribution in [-0.2, 0) is 13.6 Å². The fourth-order valence-electron chi connectivity index (χ4n) is 3.44. The Kier molecular flexibility index (Phi) is 4.28. The molecule has 1 saturated heterocycles. The Bertz CT molecular complexity index is 848. The SMILES string of the molecule is Cn1ccnc1CN1CCCN(C(=O)c2cc3ccccc3[nH]2)CC1. The van der Waals surface area contributed by atoms with Gasteiger partial charge in [-0.3, -0.25) is 9.69 Å². The highest BCUT2D eigenvalue weighted by Crippen LogP contribution is 2.17. The molecule has 0 radical (unpaired) electrons. The highest BCUT2D eigenvalue weighted by Gasteiger charge is 2.22. The number of benzene rings is 1. The lowest BCUT2D eigenvalue weighted by atomic mass is 10.2. The molecule has 1 aliphatic heterocycles. The molecule has 1 aromatic carbocycles. The minimum atomic E-state index is 0.0926. The number of H-pyrrole nitrogens is 1. The minimum Gasteiger partial charge on any atom is -0.351 e. The normalized spacial score (nSPS) is 16.3. The van der Waals surface area contributed by atoms with E-state index in [2.05, 4.69) is 19.4 Å². The molecule has 1 amide bonds. The second-order valence-corrected chi connectivity index (χ2v) is 6.65. The number of carbonyl (C=O) groups excluding carboxylic acids is 1. The predicted octanol–water partition coefficient (Wildman–Crippen LogP) is 2.25. The number of aryl methyl sites for hydroxylation is 1. The molecule has 1 fully saturated rings. The van der Waals surface area contributed by atoms with Crippen molar-refractivity contribution in [1.82, 2.24) is 24.3 Å². The van der Waals surface area contributed by atoms with Crippen LogP contribution in [0.1, 0.15) is 22.7 Å². The van der Waals surface area contributed by atoms with Gasteiger partial charge < -0.3 is 14.5 Å². The Morgan fingerprint density at radius 2 is 2.08 bits per heavy atom. The van der Waals surface area contributed by atoms with E-state index < -0.39 is 0 Å². The number of carbonyl (C=O) groups is 1. The predicted molar refractivity (Wildman–Crippen MR) is 97.3 cm³/mol. The monoisotopic (exact) mass is 337 g/mol. The van der Waals surface area contributed by atoms with Crippen LogP contribution in [0.2, 0.25) is 0 Å². The molecule has 0 unspecified atom stereocenters. The van der Waals surface area contributed by atoms with Gasteiger partial charge in [-0.2, -0.15) is 0 Å². The minimum absolute atomic E-state index is 0.0926. The van der Waals surface area contributed by atoms with Gasteiger partial charge in [0.15, 0.2) is 0 Å². The van der Waals surface area contributed by atoms with Crippen LogP contribution in [-0.4, -0.2) is 56.4 Å². The van der Waals surface area contributed by atoms with E-state index in [-0.39, 0.29) is 5.91 Å². The number of amides is 1. The van der Waals surface area contributed by atoms with Crippen LogP contribution < -0.4 is 0 Å². The molecule has 0 spiro atoms. The van der Waals surface area contributed by atoms with Crippen LogP contribution in [0, 0.1) is 0 Å². The van der Waals surface area contributed by atoms with E-state index in [1.165, 1.54) is 0 Å². The topological polar surface area (TPSA) is 57.2 Å². The quantitative estimate of drug-likeness (QED) is 0.797. The van der Waals surface area contributed by atoms with Gasteiger partial charge in [-0.25, -0.2) is 4.98 Å². The summed E-state index contributed by atoms with van der Waals surface area (Å²) in [6.07, 6.45) is 4.79. The number of hydrogen-bond donors (Lipinski definition) is 1. The zero-order valence-electron chi connectivity index (χ0n) is 14.5. The molecule has 6 nitrogen and oxygen atoms in total. The molecule has 2 aromatic heterocycles. The van der Waals surface area contributed by atoms with Crippen molar-refractivity contribution in [3.05, 3.63) is 54.2 Å². The molecule has 1 aliphatic rings. The van der Waals surface area contributed by atoms with E-state index in [4.69, 9.17) is 0 Å². The number of para-hydroxylation sites is 1. The van der Waals surface area contributed by atoms with Gasteiger partial charge in [0.2, 0.25) is 0 Å². The molecule has 0 bridgehead atoms. The first kappa shape index (κ1) is 15.9. The number of hydrogen-bond acceptors (Lipinski definition) is 3. The summed E-state index contributed by atoms with van der Waals surface area (Å²) in [5.74, 6) is 1.16. The molecule has 130 valence electrons. The van der Waals surface area contributed by atoms with E-state index in [1.54, 1.807) is 0 Å². The fourth-order valence-corrected chi connectivity index (χ4v) is 3.44. The second kappa shape index (κ2) is 6.72. The van der Waals surface area contributed by atoms with Gasteiger partial charge in [-0.05, 0) is 18.6 Å². The van der Waals surface area contributed by atoms with Crippen molar-refractivity contribution in [3.63, 3.8) is 0 Å². The maximum Gasteiger partial charge on any atom is 0.270 e. The lowest BCUT2D eigenvalue weighted by Gasteiger charge is -2.21. The van der Waals surface area contributed by atoms with Crippen LogP contribution >= 0.6 is 0 Å². The maximum absolute atomic E-state index is 12.9. The summed E-state index contributed by atoms with van der Waals surface area (Å²) in [5.41, 5.74) is 1.69. The highest BCUT2D eigenvalue weighted by molar-refractivity contribution is 5.98. The largest absolute Gasteiger partial charge is 0.351 e. The number of aromatic amines is 1. The van der Waals surface area contributed by atoms with E-state index in [1.807, 2.05) is 54.7 Å². The molecule has 4 rings (SSSR count). The summed E-state index contributed by atoms with van der Waals surface area (Å²) < 4.78 is 2.05. The van der Waals surface area contributed by atoms with Crippen molar-refractivity contribution in [2.75, 3.05) is 26.2 Å². The average molecular weight is 337 g/mol. The summed E-state index contributed by atoms with van der Waals surface area (Å²) in [6.45, 7) is 4.24. The molecule has 25 heavy (non-hydrogen) atoms. The number of nitrogens with zero attached hydrogens (tertiary/aromatic N) is 4. The Balaban J connectivity index is 1.43. The summed E-state index contributed by atoms with van der Waals surface area (Å²) in [6, 6.07) is 9.96. The van der Waals surface area contributed by atoms with E-state index in [0.29, 0.717) is 5.69 Å². The van der Waals surface area contributed by atoms with Crippen molar-refractivity contribution in [2.45, 2.75) is 13.0 Å². The first-order valence-corrected chi connectivity index (χ1v) is 8.76. The fraction of sp³-hybridized carbons (Fsp3) is 0.368. The third-order valence-electron chi connectivity index (χ3n) is 4.92. The smallest absolute Gasteiger partial charge is 0.270 e. The Hall–Kier alpha value is -2.60. The number of imidazole rings is 1. The van der Waals surface area contributed by atoms with E-state index in [9.17, 15) is 4.79 Å². The van der Waals surface area contributed by atoms with Crippen LogP contribution in [0.3, 0.4) is 0 Å². The molecular formula is C19H23N5O. The van der Waals surface area contributed by atoms with Gasteiger partial charge in [0.05, 0.1) is 6.54 Å². The Labute approximate surface area is 147 Å². The zero-order chi connectivity index (χ0) is 17.2. The summed E-state index contributed by atoms with van der Waals surface area (Å²) in [4.78, 5) is 24.8. The van der Waals surface area contributed by atoms with Gasteiger partial charge in [-0.1, -0.05) is 18.2 Å². The molecule has 0 saturated carbocycles. The number of fused-ring (bicyclic) bond motifs is 1. The van der Waals surface area contributed by atoms with Crippen LogP contribution in [0.15, 0.2) is 42.7 Å². The van der Waals surface area contributed by atoms with Crippen molar-refractivity contribution in [1.29, 1.82) is 0 Å². The molecule has 1 N–H and O–H groups in total. The molecule has 3 aromatic rings.